The number of nitrogens with one attached hydrogen (secondary N) is 1. The number of primary amides is 1. The Morgan fingerprint density at radius 3 is 2.40 bits per heavy atom. The predicted molar refractivity (Wildman–Crippen MR) is 139 cm³/mol. The molecule has 0 bridgehead atoms. The Bertz CT molecular complexity index is 1220. The van der Waals surface area contributed by atoms with Crippen LogP contribution in [0.15, 0.2) is 36.4 Å². The number of carbonyl (C=O) groups excluding carboxylic acids is 1. The highest BCUT2D eigenvalue weighted by Crippen LogP contribution is 2.38. The molecule has 186 valence electrons. The molecule has 0 unspecified atom stereocenters. The van der Waals surface area contributed by atoms with Crippen LogP contribution in [0.25, 0.3) is 16.9 Å². The van der Waals surface area contributed by atoms with Crippen molar-refractivity contribution in [1.82, 2.24) is 14.7 Å². The Morgan fingerprint density at radius 2 is 1.83 bits per heavy atom. The normalized spacial score (nSPS) is 14.1. The standard InChI is InChI=1S/C28H36FN5O/c1-6-18-10-9-11-19(7-2)25(18)34-26(20-12-13-24(22(29)16-20)31-27(30)35)21-17-33(28(4,5)8-3)15-14-23(21)32-34/h9-13,16H,6-8,14-15,17H2,1-5H3,(H3,30,31,35). The molecule has 2 aromatic carbocycles. The van der Waals surface area contributed by atoms with Gasteiger partial charge in [0.15, 0.2) is 0 Å². The van der Waals surface area contributed by atoms with Crippen LogP contribution in [-0.4, -0.2) is 32.8 Å². The van der Waals surface area contributed by atoms with E-state index < -0.39 is 11.8 Å². The average molecular weight is 478 g/mol. The van der Waals surface area contributed by atoms with Crippen molar-refractivity contribution < 1.29 is 9.18 Å². The lowest BCUT2D eigenvalue weighted by molar-refractivity contribution is 0.100. The number of hydrogen-bond acceptors (Lipinski definition) is 3. The lowest BCUT2D eigenvalue weighted by Gasteiger charge is -2.40. The van der Waals surface area contributed by atoms with Crippen LogP contribution in [0.5, 0.6) is 0 Å². The van der Waals surface area contributed by atoms with E-state index in [-0.39, 0.29) is 11.2 Å². The molecule has 0 fully saturated rings. The van der Waals surface area contributed by atoms with Crippen LogP contribution in [0.1, 0.15) is 63.4 Å². The Labute approximate surface area is 207 Å². The number of para-hydroxylation sites is 1. The number of fused-ring (bicyclic) bond motifs is 1. The zero-order chi connectivity index (χ0) is 25.3. The fourth-order valence-electron chi connectivity index (χ4n) is 4.96. The van der Waals surface area contributed by atoms with Crippen LogP contribution in [0.3, 0.4) is 0 Å². The van der Waals surface area contributed by atoms with Crippen molar-refractivity contribution in [2.45, 2.75) is 72.4 Å². The minimum Gasteiger partial charge on any atom is -0.351 e. The average Bonchev–Trinajstić information content (AvgIpc) is 3.22. The Kier molecular flexibility index (Phi) is 6.99. The van der Waals surface area contributed by atoms with E-state index in [0.29, 0.717) is 0 Å². The number of amides is 2. The second-order valence-electron chi connectivity index (χ2n) is 9.84. The highest BCUT2D eigenvalue weighted by Gasteiger charge is 2.33. The van der Waals surface area contributed by atoms with Crippen LogP contribution >= 0.6 is 0 Å². The van der Waals surface area contributed by atoms with Gasteiger partial charge in [-0.2, -0.15) is 5.10 Å². The number of rotatable bonds is 7. The maximum atomic E-state index is 15.1. The molecule has 0 saturated carbocycles. The quantitative estimate of drug-likeness (QED) is 0.449. The summed E-state index contributed by atoms with van der Waals surface area (Å²) in [4.78, 5) is 13.8. The second kappa shape index (κ2) is 9.82. The molecule has 2 amide bonds. The third kappa shape index (κ3) is 4.69. The summed E-state index contributed by atoms with van der Waals surface area (Å²) in [6, 6.07) is 10.5. The molecule has 0 atom stereocenters. The van der Waals surface area contributed by atoms with E-state index in [1.165, 1.54) is 17.2 Å². The molecule has 0 radical (unpaired) electrons. The van der Waals surface area contributed by atoms with Crippen molar-refractivity contribution in [2.75, 3.05) is 11.9 Å². The SMILES string of the molecule is CCc1cccc(CC)c1-n1nc2c(c1-c1ccc(NC(N)=O)c(F)c1)CN(C(C)(C)CC)CC2. The topological polar surface area (TPSA) is 76.2 Å². The lowest BCUT2D eigenvalue weighted by atomic mass is 9.93. The third-order valence-corrected chi connectivity index (χ3v) is 7.43. The summed E-state index contributed by atoms with van der Waals surface area (Å²) in [7, 11) is 0. The van der Waals surface area contributed by atoms with Crippen molar-refractivity contribution in [3.63, 3.8) is 0 Å². The summed E-state index contributed by atoms with van der Waals surface area (Å²) < 4.78 is 17.1. The van der Waals surface area contributed by atoms with Crippen LogP contribution in [0.4, 0.5) is 14.9 Å². The van der Waals surface area contributed by atoms with Gasteiger partial charge in [0.1, 0.15) is 5.82 Å². The van der Waals surface area contributed by atoms with E-state index in [4.69, 9.17) is 10.8 Å². The molecule has 0 saturated heterocycles. The van der Waals surface area contributed by atoms with Gasteiger partial charge in [-0.25, -0.2) is 13.9 Å². The molecule has 4 rings (SSSR count). The van der Waals surface area contributed by atoms with Gasteiger partial charge in [-0.15, -0.1) is 0 Å². The minimum absolute atomic E-state index is 0.0491. The fraction of sp³-hybridized carbons (Fsp3) is 0.429. The van der Waals surface area contributed by atoms with Gasteiger partial charge in [0, 0.05) is 36.2 Å². The molecule has 3 aromatic rings. The van der Waals surface area contributed by atoms with Crippen LogP contribution in [0.2, 0.25) is 0 Å². The third-order valence-electron chi connectivity index (χ3n) is 7.43. The smallest absolute Gasteiger partial charge is 0.316 e. The first kappa shape index (κ1) is 24.9. The van der Waals surface area contributed by atoms with Crippen molar-refractivity contribution in [1.29, 1.82) is 0 Å². The Hall–Kier alpha value is -3.19. The maximum Gasteiger partial charge on any atom is 0.316 e. The van der Waals surface area contributed by atoms with Crippen molar-refractivity contribution in [3.05, 3.63) is 64.6 Å². The summed E-state index contributed by atoms with van der Waals surface area (Å²) in [6.07, 6.45) is 3.63. The number of halogens is 1. The Morgan fingerprint density at radius 1 is 1.14 bits per heavy atom. The number of nitrogens with zero attached hydrogens (tertiary/aromatic N) is 3. The number of urea groups is 1. The summed E-state index contributed by atoms with van der Waals surface area (Å²) in [5.41, 5.74) is 12.7. The molecule has 1 aromatic heterocycles. The summed E-state index contributed by atoms with van der Waals surface area (Å²) in [5, 5.41) is 7.49. The molecule has 6 nitrogen and oxygen atoms in total. The summed E-state index contributed by atoms with van der Waals surface area (Å²) in [5.74, 6) is -0.524. The molecule has 7 heteroatoms. The number of anilines is 1. The molecular formula is C28H36FN5O. The van der Waals surface area contributed by atoms with Gasteiger partial charge in [-0.3, -0.25) is 4.90 Å². The number of carbonyl (C=O) groups is 1. The molecular weight excluding hydrogens is 441 g/mol. The predicted octanol–water partition coefficient (Wildman–Crippen LogP) is 5.84. The molecule has 3 N–H and O–H groups in total. The number of hydrogen-bond donors (Lipinski definition) is 2. The van der Waals surface area contributed by atoms with E-state index in [1.54, 1.807) is 6.07 Å². The minimum atomic E-state index is -0.791. The molecule has 1 aliphatic rings. The molecule has 1 aliphatic heterocycles. The van der Waals surface area contributed by atoms with Crippen molar-refractivity contribution in [2.24, 2.45) is 5.73 Å². The van der Waals surface area contributed by atoms with Gasteiger partial charge in [-0.05, 0) is 56.4 Å². The van der Waals surface area contributed by atoms with Crippen LogP contribution in [-0.2, 0) is 25.8 Å². The first-order valence-corrected chi connectivity index (χ1v) is 12.5. The van der Waals surface area contributed by atoms with Gasteiger partial charge < -0.3 is 11.1 Å². The van der Waals surface area contributed by atoms with Gasteiger partial charge >= 0.3 is 6.03 Å². The van der Waals surface area contributed by atoms with Crippen LogP contribution < -0.4 is 11.1 Å². The largest absolute Gasteiger partial charge is 0.351 e. The van der Waals surface area contributed by atoms with Gasteiger partial charge in [0.25, 0.3) is 0 Å². The van der Waals surface area contributed by atoms with E-state index >= 15 is 4.39 Å². The molecule has 0 aliphatic carbocycles. The number of aryl methyl sites for hydroxylation is 2. The van der Waals surface area contributed by atoms with Gasteiger partial charge in [-0.1, -0.05) is 45.0 Å². The monoisotopic (exact) mass is 477 g/mol. The van der Waals surface area contributed by atoms with E-state index in [0.717, 1.165) is 67.0 Å². The van der Waals surface area contributed by atoms with E-state index in [1.807, 2.05) is 10.7 Å². The summed E-state index contributed by atoms with van der Waals surface area (Å²) >= 11 is 0. The van der Waals surface area contributed by atoms with E-state index in [2.05, 4.69) is 63.0 Å². The number of nitrogens with two attached hydrogens (primary N) is 1. The Balaban J connectivity index is 1.95. The highest BCUT2D eigenvalue weighted by molar-refractivity contribution is 5.88. The van der Waals surface area contributed by atoms with Gasteiger partial charge in [0.05, 0.1) is 22.8 Å². The molecule has 2 heterocycles. The van der Waals surface area contributed by atoms with Crippen LogP contribution in [0, 0.1) is 5.82 Å². The second-order valence-corrected chi connectivity index (χ2v) is 9.84. The first-order valence-electron chi connectivity index (χ1n) is 12.5. The van der Waals surface area contributed by atoms with Crippen molar-refractivity contribution >= 4 is 11.7 Å². The lowest BCUT2D eigenvalue weighted by Crippen LogP contribution is -2.46. The molecule has 0 spiro atoms. The van der Waals surface area contributed by atoms with E-state index in [9.17, 15) is 4.79 Å². The summed E-state index contributed by atoms with van der Waals surface area (Å²) in [6.45, 7) is 12.7. The first-order chi connectivity index (χ1) is 16.7. The molecule has 35 heavy (non-hydrogen) atoms. The zero-order valence-corrected chi connectivity index (χ0v) is 21.4. The zero-order valence-electron chi connectivity index (χ0n) is 21.4. The van der Waals surface area contributed by atoms with Gasteiger partial charge in [0.2, 0.25) is 0 Å². The van der Waals surface area contributed by atoms with Crippen molar-refractivity contribution in [3.8, 4) is 16.9 Å². The number of benzene rings is 2. The fourth-order valence-corrected chi connectivity index (χ4v) is 4.96. The maximum absolute atomic E-state index is 15.1. The number of aromatic nitrogens is 2. The highest BCUT2D eigenvalue weighted by atomic mass is 19.1.